The fourth-order valence-electron chi connectivity index (χ4n) is 2.41. The van der Waals surface area contributed by atoms with Crippen molar-refractivity contribution in [3.63, 3.8) is 0 Å². The predicted octanol–water partition coefficient (Wildman–Crippen LogP) is 4.08. The monoisotopic (exact) mass is 363 g/mol. The third kappa shape index (κ3) is 3.74. The topological polar surface area (TPSA) is 86.0 Å². The molecular formula is C19H14FN5O2. The van der Waals surface area contributed by atoms with Crippen molar-refractivity contribution in [3.8, 4) is 28.7 Å². The molecule has 0 amide bonds. The third-order valence-corrected chi connectivity index (χ3v) is 3.75. The van der Waals surface area contributed by atoms with E-state index in [9.17, 15) is 4.39 Å². The Morgan fingerprint density at radius 1 is 1.00 bits per heavy atom. The molecule has 2 aromatic carbocycles. The molecule has 1 N–H and O–H groups in total. The normalized spacial score (nSPS) is 10.6. The molecule has 8 heteroatoms. The Balaban J connectivity index is 1.51. The number of ether oxygens (including phenoxy) is 1. The first-order valence-corrected chi connectivity index (χ1v) is 8.06. The lowest BCUT2D eigenvalue weighted by atomic mass is 10.2. The van der Waals surface area contributed by atoms with Crippen LogP contribution in [0.1, 0.15) is 0 Å². The number of rotatable bonds is 5. The van der Waals surface area contributed by atoms with E-state index in [-0.39, 0.29) is 11.7 Å². The van der Waals surface area contributed by atoms with E-state index in [1.165, 1.54) is 12.1 Å². The zero-order chi connectivity index (χ0) is 18.6. The van der Waals surface area contributed by atoms with Crippen LogP contribution in [0.4, 0.5) is 15.9 Å². The van der Waals surface area contributed by atoms with Gasteiger partial charge in [-0.2, -0.15) is 4.98 Å². The van der Waals surface area contributed by atoms with E-state index in [2.05, 4.69) is 25.7 Å². The Morgan fingerprint density at radius 3 is 2.59 bits per heavy atom. The number of aromatic nitrogens is 4. The van der Waals surface area contributed by atoms with Crippen LogP contribution in [-0.4, -0.2) is 27.4 Å². The summed E-state index contributed by atoms with van der Waals surface area (Å²) in [5.74, 6) is 1.56. The van der Waals surface area contributed by atoms with Gasteiger partial charge < -0.3 is 14.6 Å². The molecule has 0 saturated heterocycles. The van der Waals surface area contributed by atoms with Gasteiger partial charge in [-0.1, -0.05) is 11.2 Å². The van der Waals surface area contributed by atoms with Gasteiger partial charge in [-0.25, -0.2) is 4.39 Å². The van der Waals surface area contributed by atoms with Crippen LogP contribution in [0.25, 0.3) is 23.0 Å². The average molecular weight is 363 g/mol. The highest BCUT2D eigenvalue weighted by Gasteiger charge is 2.12. The lowest BCUT2D eigenvalue weighted by Crippen LogP contribution is -1.97. The molecule has 2 aromatic heterocycles. The number of nitrogens with zero attached hydrogens (tertiary/aromatic N) is 4. The van der Waals surface area contributed by atoms with Crippen LogP contribution in [0, 0.1) is 5.82 Å². The van der Waals surface area contributed by atoms with Crippen LogP contribution < -0.4 is 10.1 Å². The maximum atomic E-state index is 13.0. The first-order valence-electron chi connectivity index (χ1n) is 8.06. The second-order valence-electron chi connectivity index (χ2n) is 5.59. The van der Waals surface area contributed by atoms with E-state index in [1.807, 2.05) is 24.3 Å². The lowest BCUT2D eigenvalue weighted by molar-refractivity contribution is 0.415. The van der Waals surface area contributed by atoms with E-state index in [0.29, 0.717) is 22.9 Å². The van der Waals surface area contributed by atoms with Gasteiger partial charge in [0.2, 0.25) is 5.82 Å². The minimum Gasteiger partial charge on any atom is -0.497 e. The molecule has 27 heavy (non-hydrogen) atoms. The molecule has 7 nitrogen and oxygen atoms in total. The molecule has 0 atom stereocenters. The number of hydrogen-bond acceptors (Lipinski definition) is 7. The van der Waals surface area contributed by atoms with Crippen LogP contribution >= 0.6 is 0 Å². The molecule has 0 aliphatic rings. The molecule has 134 valence electrons. The molecule has 0 unspecified atom stereocenters. The van der Waals surface area contributed by atoms with Crippen LogP contribution in [0.15, 0.2) is 65.2 Å². The molecule has 0 spiro atoms. The largest absolute Gasteiger partial charge is 0.497 e. The van der Waals surface area contributed by atoms with Gasteiger partial charge >= 0.3 is 0 Å². The number of halogens is 1. The Kier molecular flexibility index (Phi) is 4.44. The van der Waals surface area contributed by atoms with Gasteiger partial charge in [0.05, 0.1) is 7.11 Å². The van der Waals surface area contributed by atoms with Crippen molar-refractivity contribution in [1.82, 2.24) is 20.3 Å². The summed E-state index contributed by atoms with van der Waals surface area (Å²) in [6, 6.07) is 16.8. The molecule has 0 radical (unpaired) electrons. The predicted molar refractivity (Wildman–Crippen MR) is 97.0 cm³/mol. The van der Waals surface area contributed by atoms with E-state index in [1.54, 1.807) is 31.4 Å². The Labute approximate surface area is 153 Å². The maximum Gasteiger partial charge on any atom is 0.278 e. The van der Waals surface area contributed by atoms with Gasteiger partial charge in [-0.3, -0.25) is 0 Å². The standard InChI is InChI=1S/C19H14FN5O2/c1-26-15-4-2-3-14(11-15)21-17-10-9-16(23-24-17)19-22-18(25-27-19)12-5-7-13(20)8-6-12/h2-11H,1H3,(H,21,24). The summed E-state index contributed by atoms with van der Waals surface area (Å²) in [4.78, 5) is 4.28. The van der Waals surface area contributed by atoms with Crippen molar-refractivity contribution in [2.24, 2.45) is 0 Å². The summed E-state index contributed by atoms with van der Waals surface area (Å²) in [5, 5.41) is 15.3. The number of methoxy groups -OCH3 is 1. The van der Waals surface area contributed by atoms with Crippen molar-refractivity contribution in [3.05, 3.63) is 66.5 Å². The second-order valence-corrected chi connectivity index (χ2v) is 5.59. The SMILES string of the molecule is COc1cccc(Nc2ccc(-c3nc(-c4ccc(F)cc4)no3)nn2)c1. The smallest absolute Gasteiger partial charge is 0.278 e. The highest BCUT2D eigenvalue weighted by Crippen LogP contribution is 2.23. The van der Waals surface area contributed by atoms with Crippen molar-refractivity contribution >= 4 is 11.5 Å². The third-order valence-electron chi connectivity index (χ3n) is 3.75. The maximum absolute atomic E-state index is 13.0. The molecule has 0 fully saturated rings. The number of benzene rings is 2. The first-order chi connectivity index (χ1) is 13.2. The molecule has 4 rings (SSSR count). The minimum absolute atomic E-state index is 0.231. The molecule has 4 aromatic rings. The van der Waals surface area contributed by atoms with Crippen LogP contribution in [0.2, 0.25) is 0 Å². The summed E-state index contributed by atoms with van der Waals surface area (Å²) in [6.45, 7) is 0. The van der Waals surface area contributed by atoms with Crippen molar-refractivity contribution < 1.29 is 13.7 Å². The molecule has 0 saturated carbocycles. The zero-order valence-corrected chi connectivity index (χ0v) is 14.3. The van der Waals surface area contributed by atoms with Crippen LogP contribution in [-0.2, 0) is 0 Å². The van der Waals surface area contributed by atoms with Gasteiger partial charge in [0.15, 0.2) is 11.5 Å². The molecule has 2 heterocycles. The van der Waals surface area contributed by atoms with Gasteiger partial charge in [0.25, 0.3) is 5.89 Å². The van der Waals surface area contributed by atoms with Crippen molar-refractivity contribution in [2.75, 3.05) is 12.4 Å². The van der Waals surface area contributed by atoms with Gasteiger partial charge in [0, 0.05) is 17.3 Å². The summed E-state index contributed by atoms with van der Waals surface area (Å²) in [7, 11) is 1.61. The number of nitrogens with one attached hydrogen (secondary N) is 1. The summed E-state index contributed by atoms with van der Waals surface area (Å²) in [5.41, 5.74) is 1.91. The van der Waals surface area contributed by atoms with Crippen LogP contribution in [0.3, 0.4) is 0 Å². The summed E-state index contributed by atoms with van der Waals surface area (Å²) in [6.07, 6.45) is 0. The Hall–Kier alpha value is -3.81. The van der Waals surface area contributed by atoms with Crippen molar-refractivity contribution in [2.45, 2.75) is 0 Å². The van der Waals surface area contributed by atoms with Gasteiger partial charge in [-0.05, 0) is 48.5 Å². The second kappa shape index (κ2) is 7.20. The fourth-order valence-corrected chi connectivity index (χ4v) is 2.41. The van der Waals surface area contributed by atoms with E-state index < -0.39 is 0 Å². The highest BCUT2D eigenvalue weighted by molar-refractivity contribution is 5.60. The fraction of sp³-hybridized carbons (Fsp3) is 0.0526. The molecule has 0 aliphatic carbocycles. The van der Waals surface area contributed by atoms with Crippen LogP contribution in [0.5, 0.6) is 5.75 Å². The Morgan fingerprint density at radius 2 is 1.85 bits per heavy atom. The van der Waals surface area contributed by atoms with E-state index in [0.717, 1.165) is 11.4 Å². The summed E-state index contributed by atoms with van der Waals surface area (Å²) >= 11 is 0. The first kappa shape index (κ1) is 16.6. The average Bonchev–Trinajstić information content (AvgIpc) is 3.19. The van der Waals surface area contributed by atoms with E-state index in [4.69, 9.17) is 9.26 Å². The molecule has 0 bridgehead atoms. The summed E-state index contributed by atoms with van der Waals surface area (Å²) < 4.78 is 23.4. The zero-order valence-electron chi connectivity index (χ0n) is 14.3. The van der Waals surface area contributed by atoms with Gasteiger partial charge in [0.1, 0.15) is 11.6 Å². The van der Waals surface area contributed by atoms with E-state index >= 15 is 0 Å². The number of anilines is 2. The number of hydrogen-bond donors (Lipinski definition) is 1. The minimum atomic E-state index is -0.326. The quantitative estimate of drug-likeness (QED) is 0.571. The highest BCUT2D eigenvalue weighted by atomic mass is 19.1. The molecular weight excluding hydrogens is 349 g/mol. The van der Waals surface area contributed by atoms with Crippen molar-refractivity contribution in [1.29, 1.82) is 0 Å². The molecule has 0 aliphatic heterocycles. The Bertz CT molecular complexity index is 1050. The van der Waals surface area contributed by atoms with Gasteiger partial charge in [-0.15, -0.1) is 10.2 Å². The lowest BCUT2D eigenvalue weighted by Gasteiger charge is -2.06.